The van der Waals surface area contributed by atoms with Crippen LogP contribution in [0.15, 0.2) is 4.99 Å². The second kappa shape index (κ2) is 9.93. The molecule has 0 aromatic rings. The van der Waals surface area contributed by atoms with Gasteiger partial charge in [0.2, 0.25) is 5.91 Å². The standard InChI is InChI=1S/C12H26N4O/c1-5-13-11(17)9-16-12(14-6-2)15-8-7-10(3)4/h10H,5-9H2,1-4H3,(H,13,17)(H2,14,15,16). The number of hydrogen-bond acceptors (Lipinski definition) is 2. The molecule has 0 bridgehead atoms. The van der Waals surface area contributed by atoms with Crippen LogP contribution in [0.5, 0.6) is 0 Å². The molecule has 0 aliphatic rings. The van der Waals surface area contributed by atoms with Crippen LogP contribution in [0.3, 0.4) is 0 Å². The van der Waals surface area contributed by atoms with Crippen molar-refractivity contribution in [3.8, 4) is 0 Å². The molecule has 0 aliphatic carbocycles. The van der Waals surface area contributed by atoms with Crippen molar-refractivity contribution in [2.45, 2.75) is 34.1 Å². The molecule has 0 aromatic heterocycles. The minimum Gasteiger partial charge on any atom is -0.357 e. The summed E-state index contributed by atoms with van der Waals surface area (Å²) in [6, 6.07) is 0. The first kappa shape index (κ1) is 15.7. The molecule has 0 atom stereocenters. The fraction of sp³-hybridized carbons (Fsp3) is 0.833. The highest BCUT2D eigenvalue weighted by molar-refractivity contribution is 5.84. The Morgan fingerprint density at radius 3 is 2.29 bits per heavy atom. The summed E-state index contributed by atoms with van der Waals surface area (Å²) in [6.45, 7) is 10.7. The first-order valence-corrected chi connectivity index (χ1v) is 6.39. The molecule has 0 unspecified atom stereocenters. The van der Waals surface area contributed by atoms with E-state index in [2.05, 4.69) is 34.8 Å². The number of carbonyl (C=O) groups excluding carboxylic acids is 1. The van der Waals surface area contributed by atoms with E-state index in [0.717, 1.165) is 19.5 Å². The van der Waals surface area contributed by atoms with Gasteiger partial charge in [-0.1, -0.05) is 13.8 Å². The minimum absolute atomic E-state index is 0.0476. The van der Waals surface area contributed by atoms with E-state index in [-0.39, 0.29) is 12.5 Å². The highest BCUT2D eigenvalue weighted by Gasteiger charge is 2.01. The van der Waals surface area contributed by atoms with Crippen LogP contribution in [0.2, 0.25) is 0 Å². The molecule has 1 amide bonds. The summed E-state index contributed by atoms with van der Waals surface area (Å²) < 4.78 is 0. The second-order valence-electron chi connectivity index (χ2n) is 4.26. The van der Waals surface area contributed by atoms with E-state index in [4.69, 9.17) is 0 Å². The summed E-state index contributed by atoms with van der Waals surface area (Å²) in [5.74, 6) is 1.32. The summed E-state index contributed by atoms with van der Waals surface area (Å²) in [5.41, 5.74) is 0. The lowest BCUT2D eigenvalue weighted by Gasteiger charge is -2.12. The van der Waals surface area contributed by atoms with E-state index in [1.807, 2.05) is 13.8 Å². The molecule has 3 N–H and O–H groups in total. The van der Waals surface area contributed by atoms with Crippen LogP contribution in [0, 0.1) is 5.92 Å². The van der Waals surface area contributed by atoms with Gasteiger partial charge in [0, 0.05) is 19.6 Å². The number of likely N-dealkylation sites (N-methyl/N-ethyl adjacent to an activating group) is 1. The quantitative estimate of drug-likeness (QED) is 0.455. The molecule has 0 heterocycles. The van der Waals surface area contributed by atoms with Crippen LogP contribution in [-0.2, 0) is 4.79 Å². The molecular formula is C12H26N4O. The van der Waals surface area contributed by atoms with E-state index in [1.165, 1.54) is 0 Å². The van der Waals surface area contributed by atoms with E-state index < -0.39 is 0 Å². The SMILES string of the molecule is CCNC(=O)CN=C(NCC)NCCC(C)C. The smallest absolute Gasteiger partial charge is 0.241 e. The lowest BCUT2D eigenvalue weighted by molar-refractivity contribution is -0.119. The monoisotopic (exact) mass is 242 g/mol. The molecule has 0 saturated heterocycles. The van der Waals surface area contributed by atoms with Gasteiger partial charge in [0.25, 0.3) is 0 Å². The van der Waals surface area contributed by atoms with Crippen molar-refractivity contribution in [2.24, 2.45) is 10.9 Å². The van der Waals surface area contributed by atoms with Crippen molar-refractivity contribution in [3.63, 3.8) is 0 Å². The number of carbonyl (C=O) groups is 1. The van der Waals surface area contributed by atoms with Crippen molar-refractivity contribution in [1.29, 1.82) is 0 Å². The molecule has 0 spiro atoms. The summed E-state index contributed by atoms with van der Waals surface area (Å²) in [5, 5.41) is 9.04. The average Bonchev–Trinajstić information content (AvgIpc) is 2.26. The number of guanidine groups is 1. The number of nitrogens with zero attached hydrogens (tertiary/aromatic N) is 1. The van der Waals surface area contributed by atoms with Gasteiger partial charge in [0.1, 0.15) is 6.54 Å². The molecule has 0 saturated carbocycles. The molecule has 0 rings (SSSR count). The Morgan fingerprint density at radius 1 is 1.12 bits per heavy atom. The lowest BCUT2D eigenvalue weighted by Crippen LogP contribution is -2.39. The number of rotatable bonds is 7. The summed E-state index contributed by atoms with van der Waals surface area (Å²) in [7, 11) is 0. The molecular weight excluding hydrogens is 216 g/mol. The third-order valence-electron chi connectivity index (χ3n) is 2.11. The first-order chi connectivity index (χ1) is 8.10. The average molecular weight is 242 g/mol. The Labute approximate surface area is 104 Å². The Hall–Kier alpha value is -1.26. The fourth-order valence-corrected chi connectivity index (χ4v) is 1.22. The zero-order valence-corrected chi connectivity index (χ0v) is 11.5. The van der Waals surface area contributed by atoms with Crippen LogP contribution >= 0.6 is 0 Å². The van der Waals surface area contributed by atoms with E-state index >= 15 is 0 Å². The van der Waals surface area contributed by atoms with E-state index in [0.29, 0.717) is 18.4 Å². The number of amides is 1. The number of aliphatic imine (C=N–C) groups is 1. The first-order valence-electron chi connectivity index (χ1n) is 6.39. The third-order valence-corrected chi connectivity index (χ3v) is 2.11. The van der Waals surface area contributed by atoms with Gasteiger partial charge >= 0.3 is 0 Å². The molecule has 5 nitrogen and oxygen atoms in total. The van der Waals surface area contributed by atoms with Gasteiger partial charge in [-0.3, -0.25) is 4.79 Å². The molecule has 0 radical (unpaired) electrons. The predicted molar refractivity (Wildman–Crippen MR) is 72.1 cm³/mol. The highest BCUT2D eigenvalue weighted by atomic mass is 16.1. The Balaban J connectivity index is 4.02. The molecule has 100 valence electrons. The van der Waals surface area contributed by atoms with Gasteiger partial charge < -0.3 is 16.0 Å². The van der Waals surface area contributed by atoms with E-state index in [1.54, 1.807) is 0 Å². The zero-order valence-electron chi connectivity index (χ0n) is 11.5. The van der Waals surface area contributed by atoms with Crippen LogP contribution in [0.1, 0.15) is 34.1 Å². The van der Waals surface area contributed by atoms with Crippen molar-refractivity contribution in [3.05, 3.63) is 0 Å². The van der Waals surface area contributed by atoms with Crippen molar-refractivity contribution in [1.82, 2.24) is 16.0 Å². The van der Waals surface area contributed by atoms with Crippen LogP contribution in [0.25, 0.3) is 0 Å². The maximum atomic E-state index is 11.3. The zero-order chi connectivity index (χ0) is 13.1. The summed E-state index contributed by atoms with van der Waals surface area (Å²) in [6.07, 6.45) is 1.09. The van der Waals surface area contributed by atoms with Crippen LogP contribution in [-0.4, -0.2) is 38.0 Å². The van der Waals surface area contributed by atoms with Gasteiger partial charge in [-0.15, -0.1) is 0 Å². The van der Waals surface area contributed by atoms with Gasteiger partial charge in [-0.25, -0.2) is 4.99 Å². The summed E-state index contributed by atoms with van der Waals surface area (Å²) >= 11 is 0. The van der Waals surface area contributed by atoms with Crippen molar-refractivity contribution in [2.75, 3.05) is 26.2 Å². The Bertz CT molecular complexity index is 239. The van der Waals surface area contributed by atoms with Crippen molar-refractivity contribution >= 4 is 11.9 Å². The topological polar surface area (TPSA) is 65.5 Å². The highest BCUT2D eigenvalue weighted by Crippen LogP contribution is 1.95. The van der Waals surface area contributed by atoms with Gasteiger partial charge in [-0.05, 0) is 26.2 Å². The molecule has 5 heteroatoms. The number of hydrogen-bond donors (Lipinski definition) is 3. The van der Waals surface area contributed by atoms with Gasteiger partial charge in [0.05, 0.1) is 0 Å². The molecule has 0 aliphatic heterocycles. The maximum Gasteiger partial charge on any atom is 0.241 e. The maximum absolute atomic E-state index is 11.3. The fourth-order valence-electron chi connectivity index (χ4n) is 1.22. The van der Waals surface area contributed by atoms with Crippen LogP contribution < -0.4 is 16.0 Å². The van der Waals surface area contributed by atoms with Crippen LogP contribution in [0.4, 0.5) is 0 Å². The summed E-state index contributed by atoms with van der Waals surface area (Å²) in [4.78, 5) is 15.5. The second-order valence-corrected chi connectivity index (χ2v) is 4.26. The Kier molecular flexibility index (Phi) is 9.19. The van der Waals surface area contributed by atoms with Gasteiger partial charge in [-0.2, -0.15) is 0 Å². The van der Waals surface area contributed by atoms with E-state index in [9.17, 15) is 4.79 Å². The molecule has 17 heavy (non-hydrogen) atoms. The largest absolute Gasteiger partial charge is 0.357 e. The molecule has 0 aromatic carbocycles. The molecule has 0 fully saturated rings. The number of nitrogens with one attached hydrogen (secondary N) is 3. The predicted octanol–water partition coefficient (Wildman–Crippen LogP) is 0.724. The minimum atomic E-state index is -0.0476. The van der Waals surface area contributed by atoms with Crippen molar-refractivity contribution < 1.29 is 4.79 Å². The lowest BCUT2D eigenvalue weighted by atomic mass is 10.1. The third kappa shape index (κ3) is 9.66. The normalized spacial score (nSPS) is 11.5. The Morgan fingerprint density at radius 2 is 1.76 bits per heavy atom. The van der Waals surface area contributed by atoms with Gasteiger partial charge in [0.15, 0.2) is 5.96 Å².